The van der Waals surface area contributed by atoms with Gasteiger partial charge >= 0.3 is 0 Å². The Morgan fingerprint density at radius 1 is 1.40 bits per heavy atom. The molecule has 0 atom stereocenters. The van der Waals surface area contributed by atoms with Crippen LogP contribution in [0.1, 0.15) is 5.56 Å². The summed E-state index contributed by atoms with van der Waals surface area (Å²) in [5.74, 6) is 1.83. The number of halogens is 1. The molecule has 0 spiro atoms. The third-order valence-corrected chi connectivity index (χ3v) is 3.22. The molecule has 0 saturated carbocycles. The van der Waals surface area contributed by atoms with Crippen molar-refractivity contribution in [2.24, 2.45) is 0 Å². The number of nitrogens with zero attached hydrogens (tertiary/aromatic N) is 1. The molecule has 1 aliphatic rings. The van der Waals surface area contributed by atoms with Gasteiger partial charge in [-0.2, -0.15) is 0 Å². The van der Waals surface area contributed by atoms with E-state index >= 15 is 0 Å². The number of hydrogen-bond acceptors (Lipinski definition) is 5. The van der Waals surface area contributed by atoms with Crippen LogP contribution < -0.4 is 19.5 Å². The van der Waals surface area contributed by atoms with Crippen LogP contribution in [0.15, 0.2) is 30.5 Å². The zero-order chi connectivity index (χ0) is 13.9. The highest BCUT2D eigenvalue weighted by molar-refractivity contribution is 6.32. The number of nitrogens with one attached hydrogen (secondary N) is 1. The van der Waals surface area contributed by atoms with Gasteiger partial charge in [-0.05, 0) is 29.8 Å². The highest BCUT2D eigenvalue weighted by Gasteiger charge is 2.18. The predicted molar refractivity (Wildman–Crippen MR) is 75.7 cm³/mol. The molecule has 0 bridgehead atoms. The van der Waals surface area contributed by atoms with E-state index in [1.807, 2.05) is 24.3 Å². The van der Waals surface area contributed by atoms with E-state index in [1.165, 1.54) is 0 Å². The maximum Gasteiger partial charge on any atom is 0.237 e. The number of benzene rings is 1. The normalized spacial score (nSPS) is 12.3. The second-order valence-corrected chi connectivity index (χ2v) is 4.63. The smallest absolute Gasteiger partial charge is 0.237 e. The maximum atomic E-state index is 6.15. The Balaban J connectivity index is 1.77. The van der Waals surface area contributed by atoms with E-state index in [4.69, 9.17) is 25.8 Å². The van der Waals surface area contributed by atoms with Crippen LogP contribution in [0.5, 0.6) is 17.4 Å². The third-order valence-electron chi connectivity index (χ3n) is 2.93. The number of methoxy groups -OCH3 is 1. The zero-order valence-electron chi connectivity index (χ0n) is 10.9. The summed E-state index contributed by atoms with van der Waals surface area (Å²) in [6.07, 6.45) is 1.68. The van der Waals surface area contributed by atoms with E-state index in [2.05, 4.69) is 10.3 Å². The number of aromatic nitrogens is 1. The first-order valence-electron chi connectivity index (χ1n) is 6.09. The van der Waals surface area contributed by atoms with Crippen molar-refractivity contribution >= 4 is 17.3 Å². The second-order valence-electron chi connectivity index (χ2n) is 4.23. The van der Waals surface area contributed by atoms with E-state index in [9.17, 15) is 0 Å². The summed E-state index contributed by atoms with van der Waals surface area (Å²) < 4.78 is 15.8. The summed E-state index contributed by atoms with van der Waals surface area (Å²) in [4.78, 5) is 4.13. The minimum atomic E-state index is 0.211. The Kier molecular flexibility index (Phi) is 3.52. The molecule has 6 heteroatoms. The molecular weight excluding hydrogens is 280 g/mol. The van der Waals surface area contributed by atoms with Crippen LogP contribution in [-0.4, -0.2) is 18.9 Å². The molecular formula is C14H13ClN2O3. The highest BCUT2D eigenvalue weighted by Crippen LogP contribution is 2.40. The van der Waals surface area contributed by atoms with Crippen molar-refractivity contribution in [3.8, 4) is 17.4 Å². The summed E-state index contributed by atoms with van der Waals surface area (Å²) in [6, 6.07) is 7.51. The largest absolute Gasteiger partial charge is 0.480 e. The SMILES string of the molecule is COc1ncccc1NCc1cc(Cl)c2c(c1)OCO2. The molecule has 0 amide bonds. The summed E-state index contributed by atoms with van der Waals surface area (Å²) in [6.45, 7) is 0.792. The molecule has 0 aliphatic carbocycles. The first-order valence-corrected chi connectivity index (χ1v) is 6.46. The number of hydrogen-bond donors (Lipinski definition) is 1. The van der Waals surface area contributed by atoms with Gasteiger partial charge in [-0.1, -0.05) is 11.6 Å². The van der Waals surface area contributed by atoms with Gasteiger partial charge < -0.3 is 19.5 Å². The number of fused-ring (bicyclic) bond motifs is 1. The van der Waals surface area contributed by atoms with Crippen molar-refractivity contribution in [3.63, 3.8) is 0 Å². The summed E-state index contributed by atoms with van der Waals surface area (Å²) >= 11 is 6.15. The molecule has 1 aromatic carbocycles. The lowest BCUT2D eigenvalue weighted by molar-refractivity contribution is 0.174. The van der Waals surface area contributed by atoms with Gasteiger partial charge in [-0.3, -0.25) is 0 Å². The van der Waals surface area contributed by atoms with Gasteiger partial charge in [0.1, 0.15) is 0 Å². The van der Waals surface area contributed by atoms with Crippen molar-refractivity contribution in [1.82, 2.24) is 4.98 Å². The predicted octanol–water partition coefficient (Wildman–Crippen LogP) is 3.08. The van der Waals surface area contributed by atoms with Gasteiger partial charge in [0.05, 0.1) is 17.8 Å². The van der Waals surface area contributed by atoms with E-state index in [0.717, 1.165) is 11.3 Å². The number of pyridine rings is 1. The van der Waals surface area contributed by atoms with Crippen molar-refractivity contribution in [2.75, 3.05) is 19.2 Å². The molecule has 1 N–H and O–H groups in total. The monoisotopic (exact) mass is 292 g/mol. The van der Waals surface area contributed by atoms with Gasteiger partial charge in [0.2, 0.25) is 12.7 Å². The van der Waals surface area contributed by atoms with Crippen LogP contribution in [-0.2, 0) is 6.54 Å². The fourth-order valence-electron chi connectivity index (χ4n) is 2.01. The van der Waals surface area contributed by atoms with E-state index in [1.54, 1.807) is 13.3 Å². The Hall–Kier alpha value is -2.14. The van der Waals surface area contributed by atoms with Crippen LogP contribution in [0, 0.1) is 0 Å². The molecule has 0 fully saturated rings. The zero-order valence-corrected chi connectivity index (χ0v) is 11.6. The molecule has 1 aromatic heterocycles. The molecule has 2 aromatic rings. The summed E-state index contributed by atoms with van der Waals surface area (Å²) in [7, 11) is 1.59. The standard InChI is InChI=1S/C14H13ClN2O3/c1-18-14-11(3-2-4-16-14)17-7-9-5-10(15)13-12(6-9)19-8-20-13/h2-6,17H,7-8H2,1H3. The molecule has 0 radical (unpaired) electrons. The van der Waals surface area contributed by atoms with Gasteiger partial charge in [-0.15, -0.1) is 0 Å². The van der Waals surface area contributed by atoms with Crippen LogP contribution >= 0.6 is 11.6 Å². The number of rotatable bonds is 4. The van der Waals surface area contributed by atoms with Crippen molar-refractivity contribution in [1.29, 1.82) is 0 Å². The van der Waals surface area contributed by atoms with Gasteiger partial charge in [-0.25, -0.2) is 4.98 Å². The van der Waals surface area contributed by atoms with Gasteiger partial charge in [0.15, 0.2) is 11.5 Å². The fourth-order valence-corrected chi connectivity index (χ4v) is 2.30. The molecule has 0 unspecified atom stereocenters. The summed E-state index contributed by atoms with van der Waals surface area (Å²) in [5.41, 5.74) is 1.81. The molecule has 1 aliphatic heterocycles. The maximum absolute atomic E-state index is 6.15. The topological polar surface area (TPSA) is 52.6 Å². The van der Waals surface area contributed by atoms with Crippen LogP contribution in [0.4, 0.5) is 5.69 Å². The lowest BCUT2D eigenvalue weighted by atomic mass is 10.2. The average Bonchev–Trinajstić information content (AvgIpc) is 2.94. The van der Waals surface area contributed by atoms with E-state index in [-0.39, 0.29) is 6.79 Å². The lowest BCUT2D eigenvalue weighted by Gasteiger charge is -2.10. The first kappa shape index (κ1) is 12.9. The fraction of sp³-hybridized carbons (Fsp3) is 0.214. The number of ether oxygens (including phenoxy) is 3. The van der Waals surface area contributed by atoms with Crippen molar-refractivity contribution in [2.45, 2.75) is 6.54 Å². The highest BCUT2D eigenvalue weighted by atomic mass is 35.5. The second kappa shape index (κ2) is 5.46. The van der Waals surface area contributed by atoms with Gasteiger partial charge in [0, 0.05) is 12.7 Å². The first-order chi connectivity index (χ1) is 9.78. The minimum Gasteiger partial charge on any atom is -0.480 e. The Morgan fingerprint density at radius 3 is 3.15 bits per heavy atom. The van der Waals surface area contributed by atoms with Gasteiger partial charge in [0.25, 0.3) is 0 Å². The van der Waals surface area contributed by atoms with Crippen molar-refractivity contribution in [3.05, 3.63) is 41.0 Å². The minimum absolute atomic E-state index is 0.211. The lowest BCUT2D eigenvalue weighted by Crippen LogP contribution is -2.02. The Labute approximate surface area is 121 Å². The quantitative estimate of drug-likeness (QED) is 0.938. The summed E-state index contributed by atoms with van der Waals surface area (Å²) in [5, 5.41) is 3.81. The third kappa shape index (κ3) is 2.44. The Morgan fingerprint density at radius 2 is 2.30 bits per heavy atom. The molecule has 2 heterocycles. The van der Waals surface area contributed by atoms with Crippen LogP contribution in [0.2, 0.25) is 5.02 Å². The van der Waals surface area contributed by atoms with Crippen molar-refractivity contribution < 1.29 is 14.2 Å². The Bertz CT molecular complexity index is 634. The van der Waals surface area contributed by atoms with E-state index < -0.39 is 0 Å². The van der Waals surface area contributed by atoms with Crippen LogP contribution in [0.3, 0.4) is 0 Å². The number of anilines is 1. The molecule has 20 heavy (non-hydrogen) atoms. The average molecular weight is 293 g/mol. The molecule has 5 nitrogen and oxygen atoms in total. The molecule has 0 saturated heterocycles. The van der Waals surface area contributed by atoms with E-state index in [0.29, 0.717) is 28.9 Å². The van der Waals surface area contributed by atoms with Crippen LogP contribution in [0.25, 0.3) is 0 Å². The molecule has 3 rings (SSSR count). The molecule has 104 valence electrons.